The van der Waals surface area contributed by atoms with Gasteiger partial charge in [0.25, 0.3) is 0 Å². The molecule has 1 aliphatic heterocycles. The number of rotatable bonds is 4. The molecular formula is C17H34N2. The number of nitrogens with zero attached hydrogens (tertiary/aromatic N) is 1. The van der Waals surface area contributed by atoms with Crippen molar-refractivity contribution < 1.29 is 0 Å². The van der Waals surface area contributed by atoms with Crippen molar-refractivity contribution in [3.05, 3.63) is 0 Å². The van der Waals surface area contributed by atoms with Crippen LogP contribution in [0.25, 0.3) is 0 Å². The Morgan fingerprint density at radius 2 is 1.74 bits per heavy atom. The number of nitrogens with two attached hydrogens (primary N) is 1. The minimum Gasteiger partial charge on any atom is -0.329 e. The summed E-state index contributed by atoms with van der Waals surface area (Å²) in [5.41, 5.74) is 7.19. The summed E-state index contributed by atoms with van der Waals surface area (Å²) in [6.07, 6.45) is 10.9. The molecule has 2 fully saturated rings. The summed E-state index contributed by atoms with van der Waals surface area (Å²) in [5.74, 6) is 0.862. The predicted molar refractivity (Wildman–Crippen MR) is 83.2 cm³/mol. The van der Waals surface area contributed by atoms with Gasteiger partial charge in [-0.25, -0.2) is 0 Å². The molecule has 0 aromatic heterocycles. The first-order valence-corrected chi connectivity index (χ1v) is 8.55. The normalized spacial score (nSPS) is 36.3. The van der Waals surface area contributed by atoms with Crippen LogP contribution < -0.4 is 5.73 Å². The third-order valence-corrected chi connectivity index (χ3v) is 6.44. The van der Waals surface area contributed by atoms with Gasteiger partial charge in [0.05, 0.1) is 0 Å². The maximum atomic E-state index is 6.22. The first-order chi connectivity index (χ1) is 9.10. The van der Waals surface area contributed by atoms with Gasteiger partial charge in [0.1, 0.15) is 0 Å². The molecule has 112 valence electrons. The molecule has 2 N–H and O–H groups in total. The van der Waals surface area contributed by atoms with Crippen LogP contribution >= 0.6 is 0 Å². The van der Waals surface area contributed by atoms with E-state index in [4.69, 9.17) is 5.73 Å². The molecule has 2 unspecified atom stereocenters. The van der Waals surface area contributed by atoms with E-state index in [2.05, 4.69) is 25.7 Å². The molecule has 1 aliphatic carbocycles. The molecule has 19 heavy (non-hydrogen) atoms. The number of piperidine rings is 1. The van der Waals surface area contributed by atoms with E-state index in [1.165, 1.54) is 64.5 Å². The van der Waals surface area contributed by atoms with Crippen molar-refractivity contribution in [1.82, 2.24) is 4.90 Å². The molecule has 0 aromatic carbocycles. The summed E-state index contributed by atoms with van der Waals surface area (Å²) in [6.45, 7) is 10.6. The maximum absolute atomic E-state index is 6.22. The average Bonchev–Trinajstić information content (AvgIpc) is 2.47. The summed E-state index contributed by atoms with van der Waals surface area (Å²) in [6, 6.07) is 0. The Bertz CT molecular complexity index is 275. The van der Waals surface area contributed by atoms with Crippen LogP contribution in [0.3, 0.4) is 0 Å². The van der Waals surface area contributed by atoms with Crippen molar-refractivity contribution in [3.8, 4) is 0 Å². The van der Waals surface area contributed by atoms with Gasteiger partial charge in [-0.05, 0) is 50.1 Å². The van der Waals surface area contributed by atoms with Crippen LogP contribution in [-0.4, -0.2) is 30.1 Å². The Balaban J connectivity index is 2.02. The van der Waals surface area contributed by atoms with E-state index in [1.54, 1.807) is 0 Å². The third-order valence-electron chi connectivity index (χ3n) is 6.44. The molecule has 1 saturated heterocycles. The fourth-order valence-electron chi connectivity index (χ4n) is 4.65. The minimum atomic E-state index is 0.339. The van der Waals surface area contributed by atoms with Crippen molar-refractivity contribution in [3.63, 3.8) is 0 Å². The van der Waals surface area contributed by atoms with Crippen LogP contribution in [0.15, 0.2) is 0 Å². The van der Waals surface area contributed by atoms with Crippen LogP contribution in [0.4, 0.5) is 0 Å². The molecule has 0 radical (unpaired) electrons. The largest absolute Gasteiger partial charge is 0.329 e. The summed E-state index contributed by atoms with van der Waals surface area (Å²) in [5, 5.41) is 0. The molecule has 0 amide bonds. The van der Waals surface area contributed by atoms with E-state index in [1.807, 2.05) is 0 Å². The van der Waals surface area contributed by atoms with E-state index in [9.17, 15) is 0 Å². The van der Waals surface area contributed by atoms with E-state index < -0.39 is 0 Å². The van der Waals surface area contributed by atoms with Crippen LogP contribution in [0.2, 0.25) is 0 Å². The van der Waals surface area contributed by atoms with Gasteiger partial charge in [-0.3, -0.25) is 4.90 Å². The molecule has 1 heterocycles. The molecule has 2 atom stereocenters. The molecule has 2 aliphatic rings. The van der Waals surface area contributed by atoms with Crippen molar-refractivity contribution in [2.45, 2.75) is 77.7 Å². The van der Waals surface area contributed by atoms with Gasteiger partial charge in [0.2, 0.25) is 0 Å². The molecule has 0 aromatic rings. The Labute approximate surface area is 120 Å². The lowest BCUT2D eigenvalue weighted by molar-refractivity contribution is -0.0134. The Hall–Kier alpha value is -0.0800. The number of likely N-dealkylation sites (tertiary alicyclic amines) is 1. The van der Waals surface area contributed by atoms with Crippen LogP contribution in [0, 0.1) is 11.3 Å². The van der Waals surface area contributed by atoms with Gasteiger partial charge < -0.3 is 5.73 Å². The topological polar surface area (TPSA) is 29.3 Å². The summed E-state index contributed by atoms with van der Waals surface area (Å²) >= 11 is 0. The predicted octanol–water partition coefficient (Wildman–Crippen LogP) is 3.80. The van der Waals surface area contributed by atoms with Crippen molar-refractivity contribution in [2.75, 3.05) is 19.6 Å². The van der Waals surface area contributed by atoms with Crippen molar-refractivity contribution in [2.24, 2.45) is 17.1 Å². The average molecular weight is 266 g/mol. The highest BCUT2D eigenvalue weighted by atomic mass is 15.2. The highest BCUT2D eigenvalue weighted by Crippen LogP contribution is 2.43. The second-order valence-electron chi connectivity index (χ2n) is 7.32. The molecule has 1 saturated carbocycles. The Kier molecular flexibility index (Phi) is 4.94. The zero-order valence-electron chi connectivity index (χ0n) is 13.4. The van der Waals surface area contributed by atoms with E-state index in [0.29, 0.717) is 11.0 Å². The molecular weight excluding hydrogens is 232 g/mol. The second-order valence-corrected chi connectivity index (χ2v) is 7.32. The van der Waals surface area contributed by atoms with Gasteiger partial charge >= 0.3 is 0 Å². The Morgan fingerprint density at radius 1 is 1.11 bits per heavy atom. The number of hydrogen-bond acceptors (Lipinski definition) is 2. The van der Waals surface area contributed by atoms with E-state index in [0.717, 1.165) is 12.5 Å². The fourth-order valence-corrected chi connectivity index (χ4v) is 4.65. The zero-order valence-corrected chi connectivity index (χ0v) is 13.4. The standard InChI is InChI=1S/C17H34N2/c1-4-16(5-2)9-11-19(12-10-16)17(14-18)8-6-7-15(3)13-17/h15H,4-14,18H2,1-3H3. The fraction of sp³-hybridized carbons (Fsp3) is 1.00. The summed E-state index contributed by atoms with van der Waals surface area (Å²) < 4.78 is 0. The van der Waals surface area contributed by atoms with Gasteiger partial charge in [-0.2, -0.15) is 0 Å². The van der Waals surface area contributed by atoms with E-state index >= 15 is 0 Å². The molecule has 2 heteroatoms. The lowest BCUT2D eigenvalue weighted by Gasteiger charge is -2.52. The SMILES string of the molecule is CCC1(CC)CCN(C2(CN)CCCC(C)C2)CC1. The van der Waals surface area contributed by atoms with Gasteiger partial charge in [0, 0.05) is 12.1 Å². The van der Waals surface area contributed by atoms with Gasteiger partial charge in [0.15, 0.2) is 0 Å². The second kappa shape index (κ2) is 6.13. The first-order valence-electron chi connectivity index (χ1n) is 8.55. The highest BCUT2D eigenvalue weighted by molar-refractivity contribution is 4.99. The zero-order chi connectivity index (χ0) is 13.9. The molecule has 2 nitrogen and oxygen atoms in total. The van der Waals surface area contributed by atoms with Crippen LogP contribution in [0.1, 0.15) is 72.1 Å². The molecule has 2 rings (SSSR count). The first kappa shape index (κ1) is 15.3. The third kappa shape index (κ3) is 3.00. The molecule has 0 bridgehead atoms. The smallest absolute Gasteiger partial charge is 0.0334 e. The van der Waals surface area contributed by atoms with Crippen LogP contribution in [-0.2, 0) is 0 Å². The van der Waals surface area contributed by atoms with Crippen molar-refractivity contribution in [1.29, 1.82) is 0 Å². The lowest BCUT2D eigenvalue weighted by atomic mass is 9.70. The van der Waals surface area contributed by atoms with E-state index in [-0.39, 0.29) is 0 Å². The van der Waals surface area contributed by atoms with Crippen molar-refractivity contribution >= 4 is 0 Å². The van der Waals surface area contributed by atoms with Crippen LogP contribution in [0.5, 0.6) is 0 Å². The molecule has 0 spiro atoms. The summed E-state index contributed by atoms with van der Waals surface area (Å²) in [4.78, 5) is 2.77. The maximum Gasteiger partial charge on any atom is 0.0334 e. The van der Waals surface area contributed by atoms with Gasteiger partial charge in [-0.15, -0.1) is 0 Å². The quantitative estimate of drug-likeness (QED) is 0.838. The summed E-state index contributed by atoms with van der Waals surface area (Å²) in [7, 11) is 0. The number of hydrogen-bond donors (Lipinski definition) is 1. The monoisotopic (exact) mass is 266 g/mol. The van der Waals surface area contributed by atoms with Gasteiger partial charge in [-0.1, -0.05) is 46.5 Å². The lowest BCUT2D eigenvalue weighted by Crippen LogP contribution is -2.59. The highest BCUT2D eigenvalue weighted by Gasteiger charge is 2.42. The minimum absolute atomic E-state index is 0.339. The Morgan fingerprint density at radius 3 is 2.21 bits per heavy atom.